The lowest BCUT2D eigenvalue weighted by Crippen LogP contribution is -2.50. The fourth-order valence-corrected chi connectivity index (χ4v) is 8.72. The van der Waals surface area contributed by atoms with E-state index in [1.54, 1.807) is 6.42 Å². The van der Waals surface area contributed by atoms with E-state index in [0.29, 0.717) is 12.2 Å². The third-order valence-corrected chi connectivity index (χ3v) is 10.1. The summed E-state index contributed by atoms with van der Waals surface area (Å²) in [6.45, 7) is 7.81. The van der Waals surface area contributed by atoms with Crippen LogP contribution in [0.4, 0.5) is 0 Å². The lowest BCUT2D eigenvalue weighted by molar-refractivity contribution is -0.0379. The molecule has 5 fully saturated rings. The Morgan fingerprint density at radius 3 is 2.60 bits per heavy atom. The smallest absolute Gasteiger partial charge is 0.0641 e. The summed E-state index contributed by atoms with van der Waals surface area (Å²) < 4.78 is 6.28. The molecule has 6 bridgehead atoms. The second kappa shape index (κ2) is 2.38. The molecule has 0 radical (unpaired) electrons. The Bertz CT molecular complexity index is 319. The Morgan fingerprint density at radius 2 is 1.87 bits per heavy atom. The zero-order valence-electron chi connectivity index (χ0n) is 10.1. The molecule has 15 heavy (non-hydrogen) atoms. The maximum absolute atomic E-state index is 6.28. The Balaban J connectivity index is 1.85. The van der Waals surface area contributed by atoms with E-state index in [-0.39, 0.29) is 0 Å². The van der Waals surface area contributed by atoms with Gasteiger partial charge in [0.25, 0.3) is 0 Å². The zero-order valence-corrected chi connectivity index (χ0v) is 11.1. The number of rotatable bonds is 1. The average Bonchev–Trinajstić information content (AvgIpc) is 2.64. The van der Waals surface area contributed by atoms with Gasteiger partial charge in [-0.25, -0.2) is 0 Å². The van der Waals surface area contributed by atoms with Crippen molar-refractivity contribution in [2.45, 2.75) is 62.6 Å². The quantitative estimate of drug-likeness (QED) is 0.619. The van der Waals surface area contributed by atoms with Gasteiger partial charge in [0.1, 0.15) is 0 Å². The SMILES string of the molecule is C[Si](C)(C)C12CC3OC4C(CCC41)C3C2. The molecule has 2 heteroatoms. The highest BCUT2D eigenvalue weighted by atomic mass is 28.3. The Hall–Kier alpha value is 0.177. The largest absolute Gasteiger partial charge is 0.374 e. The third kappa shape index (κ3) is 0.835. The van der Waals surface area contributed by atoms with Crippen molar-refractivity contribution in [3.05, 3.63) is 0 Å². The molecule has 0 aromatic heterocycles. The summed E-state index contributed by atoms with van der Waals surface area (Å²) >= 11 is 0. The Kier molecular flexibility index (Phi) is 1.46. The van der Waals surface area contributed by atoms with E-state index < -0.39 is 8.07 Å². The van der Waals surface area contributed by atoms with E-state index in [1.807, 2.05) is 0 Å². The first-order valence-electron chi connectivity index (χ1n) is 6.68. The Labute approximate surface area is 93.6 Å². The molecule has 3 aliphatic carbocycles. The van der Waals surface area contributed by atoms with Crippen LogP contribution in [0.2, 0.25) is 24.7 Å². The molecule has 3 saturated carbocycles. The van der Waals surface area contributed by atoms with Crippen LogP contribution in [0.1, 0.15) is 25.7 Å². The van der Waals surface area contributed by atoms with Gasteiger partial charge in [-0.2, -0.15) is 0 Å². The summed E-state index contributed by atoms with van der Waals surface area (Å²) in [7, 11) is -1.01. The van der Waals surface area contributed by atoms with Gasteiger partial charge >= 0.3 is 0 Å². The summed E-state index contributed by atoms with van der Waals surface area (Å²) in [6, 6.07) is 0. The standard InChI is InChI=1S/C13H22OSi/c1-15(2,3)13-6-9-8-4-5-10(13)12(8)14-11(9)7-13/h8-12H,4-7H2,1-3H3. The number of hydrogen-bond donors (Lipinski definition) is 0. The molecule has 2 aliphatic heterocycles. The monoisotopic (exact) mass is 222 g/mol. The van der Waals surface area contributed by atoms with Crippen LogP contribution >= 0.6 is 0 Å². The molecule has 0 aromatic carbocycles. The van der Waals surface area contributed by atoms with E-state index in [2.05, 4.69) is 19.6 Å². The van der Waals surface area contributed by atoms with Crippen LogP contribution in [0.15, 0.2) is 0 Å². The Morgan fingerprint density at radius 1 is 1.07 bits per heavy atom. The van der Waals surface area contributed by atoms with Crippen molar-refractivity contribution in [3.8, 4) is 0 Å². The van der Waals surface area contributed by atoms with Crippen molar-refractivity contribution in [2.75, 3.05) is 0 Å². The van der Waals surface area contributed by atoms with Crippen LogP contribution in [0.25, 0.3) is 0 Å². The second-order valence-electron chi connectivity index (χ2n) is 7.47. The average molecular weight is 222 g/mol. The van der Waals surface area contributed by atoms with Gasteiger partial charge in [0, 0.05) is 0 Å². The van der Waals surface area contributed by atoms with E-state index in [4.69, 9.17) is 4.74 Å². The number of hydrogen-bond acceptors (Lipinski definition) is 1. The highest BCUT2D eigenvalue weighted by Gasteiger charge is 2.71. The van der Waals surface area contributed by atoms with Crippen LogP contribution < -0.4 is 0 Å². The minimum Gasteiger partial charge on any atom is -0.374 e. The number of ether oxygens (including phenoxy) is 1. The van der Waals surface area contributed by atoms with Crippen LogP contribution in [-0.4, -0.2) is 20.3 Å². The minimum atomic E-state index is -1.01. The topological polar surface area (TPSA) is 9.23 Å². The van der Waals surface area contributed by atoms with Crippen LogP contribution in [0, 0.1) is 17.8 Å². The van der Waals surface area contributed by atoms with Gasteiger partial charge in [-0.3, -0.25) is 0 Å². The molecule has 2 heterocycles. The van der Waals surface area contributed by atoms with Gasteiger partial charge < -0.3 is 4.74 Å². The van der Waals surface area contributed by atoms with Gasteiger partial charge in [-0.1, -0.05) is 19.6 Å². The fraction of sp³-hybridized carbons (Fsp3) is 1.00. The summed E-state index contributed by atoms with van der Waals surface area (Å²) in [4.78, 5) is 0. The minimum absolute atomic E-state index is 0.684. The molecule has 0 N–H and O–H groups in total. The van der Waals surface area contributed by atoms with Crippen molar-refractivity contribution >= 4 is 8.07 Å². The van der Waals surface area contributed by atoms with Crippen molar-refractivity contribution in [1.29, 1.82) is 0 Å². The molecule has 5 aliphatic rings. The van der Waals surface area contributed by atoms with E-state index >= 15 is 0 Å². The predicted octanol–water partition coefficient (Wildman–Crippen LogP) is 3.28. The van der Waals surface area contributed by atoms with E-state index in [1.165, 1.54) is 19.3 Å². The summed E-state index contributed by atoms with van der Waals surface area (Å²) in [6.07, 6.45) is 7.34. The maximum Gasteiger partial charge on any atom is 0.0641 e. The fourth-order valence-electron chi connectivity index (χ4n) is 5.64. The van der Waals surface area contributed by atoms with Crippen LogP contribution in [0.5, 0.6) is 0 Å². The van der Waals surface area contributed by atoms with Crippen molar-refractivity contribution < 1.29 is 4.74 Å². The molecule has 6 unspecified atom stereocenters. The highest BCUT2D eigenvalue weighted by molar-refractivity contribution is 6.79. The van der Waals surface area contributed by atoms with Crippen molar-refractivity contribution in [1.82, 2.24) is 0 Å². The molecule has 0 amide bonds. The lowest BCUT2D eigenvalue weighted by atomic mass is 9.77. The van der Waals surface area contributed by atoms with E-state index in [9.17, 15) is 0 Å². The first-order valence-corrected chi connectivity index (χ1v) is 10.2. The van der Waals surface area contributed by atoms with Gasteiger partial charge in [-0.05, 0) is 48.5 Å². The van der Waals surface area contributed by atoms with Crippen LogP contribution in [0.3, 0.4) is 0 Å². The van der Waals surface area contributed by atoms with Gasteiger partial charge in [0.05, 0.1) is 20.3 Å². The third-order valence-electron chi connectivity index (χ3n) is 6.36. The lowest BCUT2D eigenvalue weighted by Gasteiger charge is -2.51. The summed E-state index contributed by atoms with van der Waals surface area (Å²) in [5.41, 5.74) is 0. The normalized spacial score (nSPS) is 60.6. The molecule has 0 aromatic rings. The van der Waals surface area contributed by atoms with E-state index in [0.717, 1.165) is 22.8 Å². The maximum atomic E-state index is 6.28. The molecule has 1 nitrogen and oxygen atoms in total. The highest BCUT2D eigenvalue weighted by Crippen LogP contribution is 2.75. The predicted molar refractivity (Wildman–Crippen MR) is 63.6 cm³/mol. The second-order valence-corrected chi connectivity index (χ2v) is 13.0. The van der Waals surface area contributed by atoms with Crippen molar-refractivity contribution in [3.63, 3.8) is 0 Å². The summed E-state index contributed by atoms with van der Waals surface area (Å²) in [5, 5.41) is 0.776. The molecule has 2 saturated heterocycles. The summed E-state index contributed by atoms with van der Waals surface area (Å²) in [5.74, 6) is 2.91. The van der Waals surface area contributed by atoms with Gasteiger partial charge in [-0.15, -0.1) is 0 Å². The molecular weight excluding hydrogens is 200 g/mol. The molecule has 6 atom stereocenters. The molecule has 84 valence electrons. The first kappa shape index (κ1) is 9.23. The first-order chi connectivity index (χ1) is 7.03. The molecular formula is C13H22OSi. The van der Waals surface area contributed by atoms with Gasteiger partial charge in [0.15, 0.2) is 0 Å². The van der Waals surface area contributed by atoms with Gasteiger partial charge in [0.2, 0.25) is 0 Å². The molecule has 5 rings (SSSR count). The molecule has 0 spiro atoms. The van der Waals surface area contributed by atoms with Crippen LogP contribution in [-0.2, 0) is 4.74 Å². The zero-order chi connectivity index (χ0) is 10.4. The van der Waals surface area contributed by atoms with Crippen molar-refractivity contribution in [2.24, 2.45) is 17.8 Å².